The highest BCUT2D eigenvalue weighted by atomic mass is 16.3. The molecule has 1 fully saturated rings. The second-order valence-electron chi connectivity index (χ2n) is 5.29. The number of carbonyl (C=O) groups is 1. The van der Waals surface area contributed by atoms with Crippen LogP contribution in [0.5, 0.6) is 0 Å². The minimum absolute atomic E-state index is 0.225. The summed E-state index contributed by atoms with van der Waals surface area (Å²) < 4.78 is 0. The van der Waals surface area contributed by atoms with E-state index in [0.29, 0.717) is 31.9 Å². The molecule has 0 unspecified atom stereocenters. The molecule has 19 heavy (non-hydrogen) atoms. The van der Waals surface area contributed by atoms with E-state index in [1.807, 2.05) is 12.1 Å². The minimum atomic E-state index is -1.30. The van der Waals surface area contributed by atoms with Gasteiger partial charge in [0.2, 0.25) is 0 Å². The van der Waals surface area contributed by atoms with Crippen LogP contribution < -0.4 is 10.6 Å². The van der Waals surface area contributed by atoms with Crippen molar-refractivity contribution < 1.29 is 9.90 Å². The second-order valence-corrected chi connectivity index (χ2v) is 5.29. The summed E-state index contributed by atoms with van der Waals surface area (Å²) in [5.74, 6) is 0.641. The Balaban J connectivity index is 1.96. The van der Waals surface area contributed by atoms with E-state index in [4.69, 9.17) is 5.73 Å². The molecule has 3 N–H and O–H groups in total. The zero-order valence-electron chi connectivity index (χ0n) is 11.3. The molecule has 104 valence electrons. The average Bonchev–Trinajstić information content (AvgIpc) is 2.38. The van der Waals surface area contributed by atoms with Crippen LogP contribution in [0.1, 0.15) is 13.8 Å². The molecule has 1 amide bonds. The van der Waals surface area contributed by atoms with E-state index in [0.717, 1.165) is 5.82 Å². The summed E-state index contributed by atoms with van der Waals surface area (Å²) in [5, 5.41) is 9.72. The molecule has 2 heterocycles. The van der Waals surface area contributed by atoms with Gasteiger partial charge < -0.3 is 20.6 Å². The van der Waals surface area contributed by atoms with Crippen LogP contribution in [0.25, 0.3) is 0 Å². The third-order valence-electron chi connectivity index (χ3n) is 3.18. The van der Waals surface area contributed by atoms with E-state index in [2.05, 4.69) is 9.88 Å². The zero-order chi connectivity index (χ0) is 14.0. The molecule has 0 radical (unpaired) electrons. The van der Waals surface area contributed by atoms with Gasteiger partial charge in [0.15, 0.2) is 0 Å². The summed E-state index contributed by atoms with van der Waals surface area (Å²) in [6.07, 6.45) is 1.63. The number of hydrogen-bond donors (Lipinski definition) is 2. The van der Waals surface area contributed by atoms with E-state index >= 15 is 0 Å². The molecule has 1 aliphatic rings. The number of piperazine rings is 1. The number of anilines is 2. The Hall–Kier alpha value is -1.82. The van der Waals surface area contributed by atoms with Crippen LogP contribution in [0.3, 0.4) is 0 Å². The van der Waals surface area contributed by atoms with Crippen molar-refractivity contribution in [3.8, 4) is 0 Å². The first-order valence-corrected chi connectivity index (χ1v) is 6.36. The highest BCUT2D eigenvalue weighted by molar-refractivity contribution is 5.84. The highest BCUT2D eigenvalue weighted by Gasteiger charge is 2.31. The Morgan fingerprint density at radius 3 is 2.42 bits per heavy atom. The van der Waals surface area contributed by atoms with Crippen molar-refractivity contribution in [1.29, 1.82) is 0 Å². The van der Waals surface area contributed by atoms with Crippen LogP contribution in [0.4, 0.5) is 11.5 Å². The Kier molecular flexibility index (Phi) is 3.61. The highest BCUT2D eigenvalue weighted by Crippen LogP contribution is 2.16. The van der Waals surface area contributed by atoms with Crippen LogP contribution in [0.2, 0.25) is 0 Å². The van der Waals surface area contributed by atoms with Gasteiger partial charge in [-0.05, 0) is 26.0 Å². The van der Waals surface area contributed by atoms with Gasteiger partial charge in [0, 0.05) is 26.2 Å². The molecule has 6 heteroatoms. The van der Waals surface area contributed by atoms with Gasteiger partial charge in [-0.25, -0.2) is 4.98 Å². The standard InChI is InChI=1S/C13H20N4O2/c1-13(2,19)12(18)17-7-5-16(6-8-17)11-4-3-10(14)9-15-11/h3-4,9,19H,5-8,14H2,1-2H3. The summed E-state index contributed by atoms with van der Waals surface area (Å²) in [5.41, 5.74) is 4.94. The number of amides is 1. The molecular formula is C13H20N4O2. The third kappa shape index (κ3) is 3.14. The molecule has 1 aromatic rings. The Labute approximate surface area is 112 Å². The van der Waals surface area contributed by atoms with E-state index < -0.39 is 5.60 Å². The number of carbonyl (C=O) groups excluding carboxylic acids is 1. The molecule has 0 aromatic carbocycles. The van der Waals surface area contributed by atoms with Crippen LogP contribution >= 0.6 is 0 Å². The van der Waals surface area contributed by atoms with Gasteiger partial charge in [-0.1, -0.05) is 0 Å². The summed E-state index contributed by atoms with van der Waals surface area (Å²) in [6, 6.07) is 3.69. The molecule has 2 rings (SSSR count). The quantitative estimate of drug-likeness (QED) is 0.790. The van der Waals surface area contributed by atoms with Crippen LogP contribution in [-0.4, -0.2) is 52.7 Å². The van der Waals surface area contributed by atoms with Crippen LogP contribution in [0.15, 0.2) is 18.3 Å². The average molecular weight is 264 g/mol. The molecule has 0 saturated carbocycles. The van der Waals surface area contributed by atoms with Gasteiger partial charge in [-0.2, -0.15) is 0 Å². The summed E-state index contributed by atoms with van der Waals surface area (Å²) >= 11 is 0. The lowest BCUT2D eigenvalue weighted by Gasteiger charge is -2.37. The lowest BCUT2D eigenvalue weighted by Crippen LogP contribution is -2.54. The molecule has 0 bridgehead atoms. The van der Waals surface area contributed by atoms with E-state index in [9.17, 15) is 9.90 Å². The van der Waals surface area contributed by atoms with Gasteiger partial charge in [-0.3, -0.25) is 4.79 Å². The number of nitrogens with two attached hydrogens (primary N) is 1. The van der Waals surface area contributed by atoms with Crippen molar-refractivity contribution in [3.05, 3.63) is 18.3 Å². The first-order chi connectivity index (χ1) is 8.88. The maximum absolute atomic E-state index is 11.9. The normalized spacial score (nSPS) is 16.6. The lowest BCUT2D eigenvalue weighted by molar-refractivity contribution is -0.148. The van der Waals surface area contributed by atoms with Crippen molar-refractivity contribution in [2.75, 3.05) is 36.8 Å². The summed E-state index contributed by atoms with van der Waals surface area (Å²) in [4.78, 5) is 20.0. The van der Waals surface area contributed by atoms with Crippen molar-refractivity contribution in [1.82, 2.24) is 9.88 Å². The van der Waals surface area contributed by atoms with Crippen LogP contribution in [-0.2, 0) is 4.79 Å². The molecule has 0 atom stereocenters. The fourth-order valence-electron chi connectivity index (χ4n) is 2.11. The summed E-state index contributed by atoms with van der Waals surface area (Å²) in [7, 11) is 0. The zero-order valence-corrected chi connectivity index (χ0v) is 11.3. The van der Waals surface area contributed by atoms with Crippen molar-refractivity contribution in [2.45, 2.75) is 19.4 Å². The number of aliphatic hydroxyl groups is 1. The Morgan fingerprint density at radius 1 is 1.32 bits per heavy atom. The van der Waals surface area contributed by atoms with Crippen molar-refractivity contribution >= 4 is 17.4 Å². The third-order valence-corrected chi connectivity index (χ3v) is 3.18. The number of nitrogens with zero attached hydrogens (tertiary/aromatic N) is 3. The van der Waals surface area contributed by atoms with E-state index in [1.165, 1.54) is 13.8 Å². The second kappa shape index (κ2) is 5.05. The predicted molar refractivity (Wildman–Crippen MR) is 73.7 cm³/mol. The lowest BCUT2D eigenvalue weighted by atomic mass is 10.1. The summed E-state index contributed by atoms with van der Waals surface area (Å²) in [6.45, 7) is 5.63. The first-order valence-electron chi connectivity index (χ1n) is 6.36. The van der Waals surface area contributed by atoms with Crippen molar-refractivity contribution in [2.24, 2.45) is 0 Å². The maximum atomic E-state index is 11.9. The molecular weight excluding hydrogens is 244 g/mol. The van der Waals surface area contributed by atoms with E-state index in [-0.39, 0.29) is 5.91 Å². The molecule has 0 spiro atoms. The number of pyridine rings is 1. The molecule has 1 aliphatic heterocycles. The van der Waals surface area contributed by atoms with Gasteiger partial charge >= 0.3 is 0 Å². The van der Waals surface area contributed by atoms with Crippen molar-refractivity contribution in [3.63, 3.8) is 0 Å². The Morgan fingerprint density at radius 2 is 1.95 bits per heavy atom. The SMILES string of the molecule is CC(C)(O)C(=O)N1CCN(c2ccc(N)cn2)CC1. The van der Waals surface area contributed by atoms with E-state index in [1.54, 1.807) is 11.1 Å². The van der Waals surface area contributed by atoms with Gasteiger partial charge in [0.25, 0.3) is 5.91 Å². The topological polar surface area (TPSA) is 82.7 Å². The minimum Gasteiger partial charge on any atom is -0.397 e. The largest absolute Gasteiger partial charge is 0.397 e. The first kappa shape index (κ1) is 13.6. The fourth-order valence-corrected chi connectivity index (χ4v) is 2.11. The fraction of sp³-hybridized carbons (Fsp3) is 0.538. The molecule has 1 aromatic heterocycles. The number of rotatable bonds is 2. The number of aromatic nitrogens is 1. The molecule has 6 nitrogen and oxygen atoms in total. The molecule has 1 saturated heterocycles. The van der Waals surface area contributed by atoms with Gasteiger partial charge in [0.1, 0.15) is 11.4 Å². The predicted octanol–water partition coefficient (Wildman–Crippen LogP) is 0.0833. The number of nitrogen functional groups attached to an aromatic ring is 1. The number of hydrogen-bond acceptors (Lipinski definition) is 5. The van der Waals surface area contributed by atoms with Crippen LogP contribution in [0, 0.1) is 0 Å². The Bertz CT molecular complexity index is 445. The maximum Gasteiger partial charge on any atom is 0.254 e. The molecule has 0 aliphatic carbocycles. The smallest absolute Gasteiger partial charge is 0.254 e. The monoisotopic (exact) mass is 264 g/mol. The van der Waals surface area contributed by atoms with Gasteiger partial charge in [0.05, 0.1) is 11.9 Å². The van der Waals surface area contributed by atoms with Gasteiger partial charge in [-0.15, -0.1) is 0 Å².